The van der Waals surface area contributed by atoms with Gasteiger partial charge < -0.3 is 19.6 Å². The molecule has 1 aromatic rings. The van der Waals surface area contributed by atoms with E-state index in [1.54, 1.807) is 31.3 Å². The number of nitrogens with zero attached hydrogens (tertiary/aromatic N) is 2. The molecule has 0 radical (unpaired) electrons. The van der Waals surface area contributed by atoms with Gasteiger partial charge in [0, 0.05) is 25.7 Å². The minimum atomic E-state index is -0.915. The Morgan fingerprint density at radius 2 is 1.70 bits per heavy atom. The number of likely N-dealkylation sites (N-methyl/N-ethyl adjacent to an activating group) is 1. The number of carboxylic acid groups (broad SMARTS) is 1. The van der Waals surface area contributed by atoms with Crippen molar-refractivity contribution >= 4 is 11.9 Å². The van der Waals surface area contributed by atoms with Crippen LogP contribution in [-0.2, 0) is 4.79 Å². The molecule has 0 unspecified atom stereocenters. The number of carboxylic acids is 1. The Hall–Kier alpha value is -2.08. The second-order valence-electron chi connectivity index (χ2n) is 5.27. The lowest BCUT2D eigenvalue weighted by Crippen LogP contribution is -2.29. The molecule has 0 aliphatic heterocycles. The molecule has 0 fully saturated rings. The Kier molecular flexibility index (Phi) is 8.11. The molecule has 6 heteroatoms. The molecule has 6 nitrogen and oxygen atoms in total. The Balaban J connectivity index is 2.49. The van der Waals surface area contributed by atoms with Crippen LogP contribution in [-0.4, -0.2) is 66.6 Å². The van der Waals surface area contributed by atoms with Crippen LogP contribution in [0, 0.1) is 0 Å². The number of benzene rings is 1. The molecule has 0 saturated carbocycles. The summed E-state index contributed by atoms with van der Waals surface area (Å²) in [5, 5.41) is 8.65. The highest BCUT2D eigenvalue weighted by molar-refractivity contribution is 5.94. The molecule has 0 aliphatic rings. The Labute approximate surface area is 137 Å². The van der Waals surface area contributed by atoms with Crippen LogP contribution in [0.15, 0.2) is 24.3 Å². The zero-order chi connectivity index (χ0) is 17.2. The lowest BCUT2D eigenvalue weighted by molar-refractivity contribution is -0.137. The lowest BCUT2D eigenvalue weighted by atomic mass is 10.2. The number of hydrogen-bond acceptors (Lipinski definition) is 4. The van der Waals surface area contributed by atoms with E-state index in [1.165, 1.54) is 4.90 Å². The van der Waals surface area contributed by atoms with Crippen LogP contribution in [0.1, 0.15) is 30.6 Å². The molecule has 128 valence electrons. The first-order chi connectivity index (χ1) is 11.0. The van der Waals surface area contributed by atoms with Crippen molar-refractivity contribution in [1.29, 1.82) is 0 Å². The summed E-state index contributed by atoms with van der Waals surface area (Å²) in [7, 11) is 1.60. The standard InChI is InChI=1S/C17H26N2O4/c1-4-19(5-2)12-13-23-15-8-6-14(7-9-15)17(22)18(3)11-10-16(20)21/h6-9H,4-5,10-13H2,1-3H3,(H,20,21). The van der Waals surface area contributed by atoms with Crippen LogP contribution in [0.25, 0.3) is 0 Å². The highest BCUT2D eigenvalue weighted by Gasteiger charge is 2.12. The smallest absolute Gasteiger partial charge is 0.305 e. The fourth-order valence-corrected chi connectivity index (χ4v) is 2.11. The summed E-state index contributed by atoms with van der Waals surface area (Å²) in [6.45, 7) is 7.89. The molecular weight excluding hydrogens is 296 g/mol. The van der Waals surface area contributed by atoms with E-state index in [1.807, 2.05) is 0 Å². The van der Waals surface area contributed by atoms with E-state index in [0.717, 1.165) is 25.4 Å². The summed E-state index contributed by atoms with van der Waals surface area (Å²) in [6, 6.07) is 6.93. The third-order valence-electron chi connectivity index (χ3n) is 3.68. The minimum Gasteiger partial charge on any atom is -0.492 e. The second-order valence-corrected chi connectivity index (χ2v) is 5.27. The van der Waals surface area contributed by atoms with Crippen molar-refractivity contribution in [2.24, 2.45) is 0 Å². The van der Waals surface area contributed by atoms with Crippen LogP contribution in [0.2, 0.25) is 0 Å². The molecule has 1 rings (SSSR count). The molecule has 0 aliphatic carbocycles. The van der Waals surface area contributed by atoms with Gasteiger partial charge in [-0.05, 0) is 37.4 Å². The number of amides is 1. The molecule has 0 heterocycles. The van der Waals surface area contributed by atoms with Crippen LogP contribution in [0.3, 0.4) is 0 Å². The third-order valence-corrected chi connectivity index (χ3v) is 3.68. The van der Waals surface area contributed by atoms with Gasteiger partial charge in [0.25, 0.3) is 5.91 Å². The Bertz CT molecular complexity index is 498. The summed E-state index contributed by atoms with van der Waals surface area (Å²) in [5.41, 5.74) is 0.522. The van der Waals surface area contributed by atoms with Crippen LogP contribution in [0.5, 0.6) is 5.75 Å². The monoisotopic (exact) mass is 322 g/mol. The molecule has 0 saturated heterocycles. The molecule has 0 aromatic heterocycles. The maximum Gasteiger partial charge on any atom is 0.305 e. The van der Waals surface area contributed by atoms with Gasteiger partial charge >= 0.3 is 5.97 Å². The van der Waals surface area contributed by atoms with E-state index in [9.17, 15) is 9.59 Å². The van der Waals surface area contributed by atoms with E-state index >= 15 is 0 Å². The molecule has 0 bridgehead atoms. The maximum atomic E-state index is 12.1. The summed E-state index contributed by atoms with van der Waals surface area (Å²) in [5.74, 6) is -0.385. The molecule has 1 amide bonds. The number of rotatable bonds is 10. The molecule has 1 N–H and O–H groups in total. The molecule has 0 spiro atoms. The van der Waals surface area contributed by atoms with Gasteiger partial charge in [0.1, 0.15) is 12.4 Å². The molecule has 1 aromatic carbocycles. The average molecular weight is 322 g/mol. The van der Waals surface area contributed by atoms with Gasteiger partial charge in [-0.15, -0.1) is 0 Å². The minimum absolute atomic E-state index is 0.0607. The number of carbonyl (C=O) groups is 2. The maximum absolute atomic E-state index is 12.1. The van der Waals surface area contributed by atoms with Crippen molar-refractivity contribution in [3.63, 3.8) is 0 Å². The van der Waals surface area contributed by atoms with Crippen molar-refractivity contribution in [3.05, 3.63) is 29.8 Å². The summed E-state index contributed by atoms with van der Waals surface area (Å²) < 4.78 is 5.67. The van der Waals surface area contributed by atoms with Gasteiger partial charge in [-0.1, -0.05) is 13.8 Å². The van der Waals surface area contributed by atoms with Crippen molar-refractivity contribution < 1.29 is 19.4 Å². The summed E-state index contributed by atoms with van der Waals surface area (Å²) >= 11 is 0. The first-order valence-electron chi connectivity index (χ1n) is 7.90. The number of hydrogen-bond donors (Lipinski definition) is 1. The second kappa shape index (κ2) is 9.84. The van der Waals surface area contributed by atoms with Gasteiger partial charge in [-0.25, -0.2) is 0 Å². The van der Waals surface area contributed by atoms with Gasteiger partial charge in [-0.3, -0.25) is 9.59 Å². The quantitative estimate of drug-likeness (QED) is 0.713. The highest BCUT2D eigenvalue weighted by atomic mass is 16.5. The summed E-state index contributed by atoms with van der Waals surface area (Å²) in [4.78, 5) is 26.4. The number of carbonyl (C=O) groups excluding carboxylic acids is 1. The molecule has 23 heavy (non-hydrogen) atoms. The van der Waals surface area contributed by atoms with Gasteiger partial charge in [-0.2, -0.15) is 0 Å². The fraction of sp³-hybridized carbons (Fsp3) is 0.529. The van der Waals surface area contributed by atoms with Crippen LogP contribution < -0.4 is 4.74 Å². The predicted molar refractivity (Wildman–Crippen MR) is 88.9 cm³/mol. The first kappa shape index (κ1) is 19.0. The van der Waals surface area contributed by atoms with Crippen LogP contribution >= 0.6 is 0 Å². The Morgan fingerprint density at radius 3 is 2.22 bits per heavy atom. The largest absolute Gasteiger partial charge is 0.492 e. The zero-order valence-electron chi connectivity index (χ0n) is 14.1. The lowest BCUT2D eigenvalue weighted by Gasteiger charge is -2.18. The van der Waals surface area contributed by atoms with Gasteiger partial charge in [0.15, 0.2) is 0 Å². The van der Waals surface area contributed by atoms with E-state index in [2.05, 4.69) is 18.7 Å². The topological polar surface area (TPSA) is 70.1 Å². The highest BCUT2D eigenvalue weighted by Crippen LogP contribution is 2.13. The zero-order valence-corrected chi connectivity index (χ0v) is 14.1. The van der Waals surface area contributed by atoms with E-state index in [0.29, 0.717) is 12.2 Å². The van der Waals surface area contributed by atoms with Crippen molar-refractivity contribution in [3.8, 4) is 5.75 Å². The number of ether oxygens (including phenoxy) is 1. The van der Waals surface area contributed by atoms with Gasteiger partial charge in [0.2, 0.25) is 0 Å². The average Bonchev–Trinajstić information content (AvgIpc) is 2.56. The third kappa shape index (κ3) is 6.69. The van der Waals surface area contributed by atoms with Gasteiger partial charge in [0.05, 0.1) is 6.42 Å². The molecule has 0 atom stereocenters. The normalized spacial score (nSPS) is 10.6. The van der Waals surface area contributed by atoms with Crippen molar-refractivity contribution in [2.75, 3.05) is 39.8 Å². The SMILES string of the molecule is CCN(CC)CCOc1ccc(C(=O)N(C)CCC(=O)O)cc1. The van der Waals surface area contributed by atoms with Crippen LogP contribution in [0.4, 0.5) is 0 Å². The fourth-order valence-electron chi connectivity index (χ4n) is 2.11. The van der Waals surface area contributed by atoms with Crippen molar-refractivity contribution in [1.82, 2.24) is 9.80 Å². The van der Waals surface area contributed by atoms with E-state index < -0.39 is 5.97 Å². The molecular formula is C17H26N2O4. The van der Waals surface area contributed by atoms with Crippen molar-refractivity contribution in [2.45, 2.75) is 20.3 Å². The predicted octanol–water partition coefficient (Wildman–Crippen LogP) is 1.95. The number of aliphatic carboxylic acids is 1. The Morgan fingerprint density at radius 1 is 1.09 bits per heavy atom. The first-order valence-corrected chi connectivity index (χ1v) is 7.90. The summed E-state index contributed by atoms with van der Waals surface area (Å²) in [6.07, 6.45) is -0.0607. The van der Waals surface area contributed by atoms with E-state index in [4.69, 9.17) is 9.84 Å². The van der Waals surface area contributed by atoms with E-state index in [-0.39, 0.29) is 18.9 Å².